The van der Waals surface area contributed by atoms with Gasteiger partial charge in [-0.05, 0) is 12.8 Å². The fourth-order valence-electron chi connectivity index (χ4n) is 3.20. The maximum Gasteiger partial charge on any atom is 0.137 e. The summed E-state index contributed by atoms with van der Waals surface area (Å²) in [6.45, 7) is 4.61. The molecular weight excluding hydrogens is 244 g/mol. The van der Waals surface area contributed by atoms with E-state index in [0.29, 0.717) is 4.75 Å². The molecular formula is C13H22N4S. The molecule has 0 N–H and O–H groups in total. The molecule has 0 unspecified atom stereocenters. The summed E-state index contributed by atoms with van der Waals surface area (Å²) >= 11 is 2.24. The second kappa shape index (κ2) is 5.61. The Morgan fingerprint density at radius 3 is 2.83 bits per heavy atom. The van der Waals surface area contributed by atoms with Gasteiger partial charge in [0.25, 0.3) is 0 Å². The monoisotopic (exact) mass is 266 g/mol. The van der Waals surface area contributed by atoms with E-state index in [0.717, 1.165) is 13.1 Å². The Kier molecular flexibility index (Phi) is 3.89. The van der Waals surface area contributed by atoms with E-state index < -0.39 is 0 Å². The molecule has 1 aromatic heterocycles. The molecule has 1 saturated heterocycles. The van der Waals surface area contributed by atoms with Crippen LogP contribution in [0.2, 0.25) is 0 Å². The van der Waals surface area contributed by atoms with Gasteiger partial charge in [-0.25, -0.2) is 4.98 Å². The average Bonchev–Trinajstić information content (AvgIpc) is 2.91. The van der Waals surface area contributed by atoms with Crippen LogP contribution < -0.4 is 0 Å². The Labute approximate surface area is 113 Å². The summed E-state index contributed by atoms with van der Waals surface area (Å²) in [4.78, 5) is 6.63. The van der Waals surface area contributed by atoms with Gasteiger partial charge in [-0.1, -0.05) is 19.3 Å². The Morgan fingerprint density at radius 2 is 2.06 bits per heavy atom. The minimum atomic E-state index is 0.582. The Hall–Kier alpha value is -0.550. The van der Waals surface area contributed by atoms with Crippen molar-refractivity contribution in [2.45, 2.75) is 43.4 Å². The van der Waals surface area contributed by atoms with Gasteiger partial charge in [0.2, 0.25) is 0 Å². The highest BCUT2D eigenvalue weighted by molar-refractivity contribution is 8.00. The molecule has 0 amide bonds. The first-order chi connectivity index (χ1) is 8.86. The Bertz CT molecular complexity index is 354. The van der Waals surface area contributed by atoms with Crippen molar-refractivity contribution in [2.24, 2.45) is 0 Å². The van der Waals surface area contributed by atoms with E-state index in [2.05, 4.69) is 26.7 Å². The summed E-state index contributed by atoms with van der Waals surface area (Å²) in [5.74, 6) is 1.30. The van der Waals surface area contributed by atoms with Crippen LogP contribution in [0.15, 0.2) is 12.7 Å². The summed E-state index contributed by atoms with van der Waals surface area (Å²) in [7, 11) is 0. The van der Waals surface area contributed by atoms with E-state index >= 15 is 0 Å². The normalized spacial score (nSPS) is 24.4. The zero-order valence-electron chi connectivity index (χ0n) is 10.9. The van der Waals surface area contributed by atoms with Gasteiger partial charge in [-0.3, -0.25) is 9.58 Å². The summed E-state index contributed by atoms with van der Waals surface area (Å²) < 4.78 is 2.52. The lowest BCUT2D eigenvalue weighted by Gasteiger charge is -2.44. The maximum absolute atomic E-state index is 4.18. The van der Waals surface area contributed by atoms with Crippen LogP contribution in [0.1, 0.15) is 32.1 Å². The van der Waals surface area contributed by atoms with Crippen molar-refractivity contribution in [3.05, 3.63) is 12.7 Å². The Morgan fingerprint density at radius 1 is 1.17 bits per heavy atom. The SMILES string of the molecule is c1ncn(CCN2CCSC3(CCCCC3)C2)n1. The fraction of sp³-hybridized carbons (Fsp3) is 0.846. The minimum Gasteiger partial charge on any atom is -0.299 e. The number of rotatable bonds is 3. The second-order valence-electron chi connectivity index (χ2n) is 5.53. The van der Waals surface area contributed by atoms with Crippen LogP contribution in [0.4, 0.5) is 0 Å². The molecule has 1 spiro atoms. The number of aromatic nitrogens is 3. The van der Waals surface area contributed by atoms with Crippen LogP contribution in [0.3, 0.4) is 0 Å². The van der Waals surface area contributed by atoms with E-state index in [1.54, 1.807) is 6.33 Å². The highest BCUT2D eigenvalue weighted by atomic mass is 32.2. The number of nitrogens with zero attached hydrogens (tertiary/aromatic N) is 4. The van der Waals surface area contributed by atoms with Gasteiger partial charge in [-0.15, -0.1) is 0 Å². The number of hydrogen-bond donors (Lipinski definition) is 0. The van der Waals surface area contributed by atoms with Crippen LogP contribution in [-0.2, 0) is 6.54 Å². The van der Waals surface area contributed by atoms with Gasteiger partial charge in [0.1, 0.15) is 12.7 Å². The van der Waals surface area contributed by atoms with Crippen LogP contribution in [0, 0.1) is 0 Å². The standard InChI is InChI=1S/C13H22N4S/c1-2-4-13(5-3-1)10-16(8-9-18-13)6-7-17-12-14-11-15-17/h11-12H,1-10H2. The zero-order valence-corrected chi connectivity index (χ0v) is 11.7. The second-order valence-corrected chi connectivity index (χ2v) is 7.09. The lowest BCUT2D eigenvalue weighted by atomic mass is 9.87. The third kappa shape index (κ3) is 2.88. The van der Waals surface area contributed by atoms with E-state index in [1.807, 2.05) is 11.0 Å². The van der Waals surface area contributed by atoms with Crippen molar-refractivity contribution in [3.63, 3.8) is 0 Å². The Balaban J connectivity index is 1.53. The molecule has 4 nitrogen and oxygen atoms in total. The number of hydrogen-bond acceptors (Lipinski definition) is 4. The first-order valence-electron chi connectivity index (χ1n) is 7.05. The fourth-order valence-corrected chi connectivity index (χ4v) is 4.84. The van der Waals surface area contributed by atoms with Gasteiger partial charge < -0.3 is 0 Å². The minimum absolute atomic E-state index is 0.582. The van der Waals surface area contributed by atoms with Gasteiger partial charge >= 0.3 is 0 Å². The molecule has 1 saturated carbocycles. The highest BCUT2D eigenvalue weighted by Crippen LogP contribution is 2.42. The predicted octanol–water partition coefficient (Wildman–Crippen LogP) is 2.03. The first kappa shape index (κ1) is 12.5. The van der Waals surface area contributed by atoms with Crippen LogP contribution in [-0.4, -0.2) is 49.8 Å². The molecule has 2 fully saturated rings. The lowest BCUT2D eigenvalue weighted by Crippen LogP contribution is -2.48. The molecule has 1 aliphatic carbocycles. The van der Waals surface area contributed by atoms with Gasteiger partial charge in [0.15, 0.2) is 0 Å². The van der Waals surface area contributed by atoms with Crippen molar-refractivity contribution in [1.82, 2.24) is 19.7 Å². The molecule has 1 aromatic rings. The average molecular weight is 266 g/mol. The van der Waals surface area contributed by atoms with E-state index in [-0.39, 0.29) is 0 Å². The third-order valence-corrected chi connectivity index (χ3v) is 5.74. The molecule has 0 atom stereocenters. The molecule has 2 heterocycles. The van der Waals surface area contributed by atoms with Crippen molar-refractivity contribution in [3.8, 4) is 0 Å². The zero-order chi connectivity index (χ0) is 12.3. The maximum atomic E-state index is 4.18. The largest absolute Gasteiger partial charge is 0.299 e. The molecule has 3 rings (SSSR count). The molecule has 0 aromatic carbocycles. The number of thioether (sulfide) groups is 1. The summed E-state index contributed by atoms with van der Waals surface area (Å²) in [5.41, 5.74) is 0. The molecule has 100 valence electrons. The van der Waals surface area contributed by atoms with Crippen LogP contribution in [0.5, 0.6) is 0 Å². The molecule has 5 heteroatoms. The van der Waals surface area contributed by atoms with Gasteiger partial charge in [0.05, 0.1) is 6.54 Å². The van der Waals surface area contributed by atoms with Crippen LogP contribution >= 0.6 is 11.8 Å². The quantitative estimate of drug-likeness (QED) is 0.838. The molecule has 0 radical (unpaired) electrons. The van der Waals surface area contributed by atoms with Crippen molar-refractivity contribution in [1.29, 1.82) is 0 Å². The molecule has 1 aliphatic heterocycles. The van der Waals surface area contributed by atoms with Crippen molar-refractivity contribution < 1.29 is 0 Å². The summed E-state index contributed by atoms with van der Waals surface area (Å²) in [6.07, 6.45) is 10.6. The summed E-state index contributed by atoms with van der Waals surface area (Å²) in [5, 5.41) is 4.18. The lowest BCUT2D eigenvalue weighted by molar-refractivity contribution is 0.210. The van der Waals surface area contributed by atoms with Gasteiger partial charge in [-0.2, -0.15) is 16.9 Å². The van der Waals surface area contributed by atoms with E-state index in [1.165, 1.54) is 50.9 Å². The molecule has 18 heavy (non-hydrogen) atoms. The topological polar surface area (TPSA) is 34.0 Å². The van der Waals surface area contributed by atoms with Crippen molar-refractivity contribution >= 4 is 11.8 Å². The highest BCUT2D eigenvalue weighted by Gasteiger charge is 2.36. The van der Waals surface area contributed by atoms with E-state index in [4.69, 9.17) is 0 Å². The third-order valence-electron chi connectivity index (χ3n) is 4.20. The van der Waals surface area contributed by atoms with Gasteiger partial charge in [0, 0.05) is 30.1 Å². The molecule has 2 aliphatic rings. The summed E-state index contributed by atoms with van der Waals surface area (Å²) in [6, 6.07) is 0. The van der Waals surface area contributed by atoms with E-state index in [9.17, 15) is 0 Å². The predicted molar refractivity (Wildman–Crippen MR) is 74.7 cm³/mol. The van der Waals surface area contributed by atoms with Crippen LogP contribution in [0.25, 0.3) is 0 Å². The smallest absolute Gasteiger partial charge is 0.137 e. The van der Waals surface area contributed by atoms with Crippen molar-refractivity contribution in [2.75, 3.05) is 25.4 Å². The molecule has 0 bridgehead atoms. The first-order valence-corrected chi connectivity index (χ1v) is 8.04.